The molecule has 2 nitrogen and oxygen atoms in total. The molecule has 1 rings (SSSR count). The Morgan fingerprint density at radius 2 is 1.36 bits per heavy atom. The van der Waals surface area contributed by atoms with Crippen LogP contribution >= 0.6 is 0 Å². The SMILES string of the molecule is COc1ccccc1OC.[Ca+2].[H-].[H-]. The monoisotopic (exact) mass is 180 g/mol. The molecule has 0 aliphatic heterocycles. The number of benzene rings is 1. The van der Waals surface area contributed by atoms with Gasteiger partial charge in [-0.05, 0) is 12.1 Å². The second kappa shape index (κ2) is 5.69. The first-order chi connectivity index (χ1) is 4.88. The normalized spacial score (nSPS) is 8.18. The summed E-state index contributed by atoms with van der Waals surface area (Å²) in [5.74, 6) is 1.54. The van der Waals surface area contributed by atoms with Gasteiger partial charge >= 0.3 is 37.7 Å². The minimum Gasteiger partial charge on any atom is -1.00 e. The topological polar surface area (TPSA) is 18.5 Å². The first-order valence-corrected chi connectivity index (χ1v) is 3.05. The van der Waals surface area contributed by atoms with Gasteiger partial charge in [-0.25, -0.2) is 0 Å². The third-order valence-corrected chi connectivity index (χ3v) is 1.29. The maximum Gasteiger partial charge on any atom is 2.00 e. The third kappa shape index (κ3) is 2.89. The Morgan fingerprint density at radius 1 is 1.00 bits per heavy atom. The third-order valence-electron chi connectivity index (χ3n) is 1.29. The molecule has 58 valence electrons. The van der Waals surface area contributed by atoms with E-state index in [-0.39, 0.29) is 40.6 Å². The number of para-hydroxylation sites is 2. The van der Waals surface area contributed by atoms with Gasteiger partial charge in [-0.15, -0.1) is 0 Å². The van der Waals surface area contributed by atoms with Crippen molar-refractivity contribution >= 4 is 37.7 Å². The quantitative estimate of drug-likeness (QED) is 0.643. The number of methoxy groups -OCH3 is 2. The van der Waals surface area contributed by atoms with Crippen molar-refractivity contribution in [2.45, 2.75) is 0 Å². The maximum atomic E-state index is 5.01. The van der Waals surface area contributed by atoms with Gasteiger partial charge in [-0.2, -0.15) is 0 Å². The van der Waals surface area contributed by atoms with Crippen LogP contribution in [0, 0.1) is 0 Å². The molecule has 0 aliphatic rings. The van der Waals surface area contributed by atoms with Gasteiger partial charge in [-0.3, -0.25) is 0 Å². The second-order valence-corrected chi connectivity index (χ2v) is 1.85. The zero-order chi connectivity index (χ0) is 7.40. The molecule has 0 fully saturated rings. The van der Waals surface area contributed by atoms with Crippen LogP contribution < -0.4 is 9.47 Å². The van der Waals surface area contributed by atoms with Crippen molar-refractivity contribution < 1.29 is 12.3 Å². The molecular formula is C8H12CaO2. The van der Waals surface area contributed by atoms with Gasteiger partial charge in [0.25, 0.3) is 0 Å². The fraction of sp³-hybridized carbons (Fsp3) is 0.250. The molecular weight excluding hydrogens is 168 g/mol. The molecule has 11 heavy (non-hydrogen) atoms. The van der Waals surface area contributed by atoms with E-state index in [0.29, 0.717) is 0 Å². The average Bonchev–Trinajstić information content (AvgIpc) is 2.04. The molecule has 3 heteroatoms. The standard InChI is InChI=1S/C8H10O2.Ca.2H/c1-9-7-5-3-4-6-8(7)10-2;;;/h3-6H,1-2H3;;;/q;+2;2*-1. The number of hydrogen-bond donors (Lipinski definition) is 0. The number of hydrogen-bond acceptors (Lipinski definition) is 2. The summed E-state index contributed by atoms with van der Waals surface area (Å²) in [7, 11) is 3.25. The molecule has 0 aromatic heterocycles. The number of rotatable bonds is 2. The van der Waals surface area contributed by atoms with Crippen LogP contribution in [0.5, 0.6) is 11.5 Å². The summed E-state index contributed by atoms with van der Waals surface area (Å²) in [5, 5.41) is 0. The van der Waals surface area contributed by atoms with E-state index in [1.54, 1.807) is 14.2 Å². The molecule has 0 unspecified atom stereocenters. The summed E-state index contributed by atoms with van der Waals surface area (Å²) in [4.78, 5) is 0. The Balaban J connectivity index is -0.000000333. The van der Waals surface area contributed by atoms with E-state index >= 15 is 0 Å². The molecule has 0 bridgehead atoms. The molecule has 0 radical (unpaired) electrons. The van der Waals surface area contributed by atoms with E-state index in [4.69, 9.17) is 9.47 Å². The summed E-state index contributed by atoms with van der Waals surface area (Å²) >= 11 is 0. The Hall–Kier alpha value is 0.0797. The molecule has 0 saturated heterocycles. The van der Waals surface area contributed by atoms with Gasteiger partial charge < -0.3 is 12.3 Å². The van der Waals surface area contributed by atoms with E-state index in [9.17, 15) is 0 Å². The van der Waals surface area contributed by atoms with E-state index in [0.717, 1.165) is 11.5 Å². The molecule has 0 atom stereocenters. The maximum absolute atomic E-state index is 5.01. The Labute approximate surface area is 99.5 Å². The fourth-order valence-corrected chi connectivity index (χ4v) is 0.787. The van der Waals surface area contributed by atoms with Crippen molar-refractivity contribution in [3.8, 4) is 11.5 Å². The number of ether oxygens (including phenoxy) is 2. The van der Waals surface area contributed by atoms with Crippen LogP contribution in [0.2, 0.25) is 0 Å². The molecule has 0 amide bonds. The van der Waals surface area contributed by atoms with Crippen molar-refractivity contribution in [2.75, 3.05) is 14.2 Å². The molecule has 0 heterocycles. The second-order valence-electron chi connectivity index (χ2n) is 1.85. The van der Waals surface area contributed by atoms with Crippen molar-refractivity contribution in [1.29, 1.82) is 0 Å². The van der Waals surface area contributed by atoms with Gasteiger partial charge in [0.15, 0.2) is 11.5 Å². The van der Waals surface area contributed by atoms with Gasteiger partial charge in [0, 0.05) is 0 Å². The van der Waals surface area contributed by atoms with Crippen molar-refractivity contribution in [3.63, 3.8) is 0 Å². The van der Waals surface area contributed by atoms with Crippen LogP contribution in [0.15, 0.2) is 24.3 Å². The fourth-order valence-electron chi connectivity index (χ4n) is 0.787. The van der Waals surface area contributed by atoms with Crippen molar-refractivity contribution in [2.24, 2.45) is 0 Å². The van der Waals surface area contributed by atoms with Gasteiger partial charge in [0.1, 0.15) is 0 Å². The molecule has 0 spiro atoms. The van der Waals surface area contributed by atoms with E-state index in [1.165, 1.54) is 0 Å². The van der Waals surface area contributed by atoms with Crippen molar-refractivity contribution in [3.05, 3.63) is 24.3 Å². The van der Waals surface area contributed by atoms with Crippen LogP contribution in [0.25, 0.3) is 0 Å². The first-order valence-electron chi connectivity index (χ1n) is 3.05. The molecule has 0 aliphatic carbocycles. The Morgan fingerprint density at radius 3 is 1.64 bits per heavy atom. The predicted octanol–water partition coefficient (Wildman–Crippen LogP) is 1.55. The average molecular weight is 180 g/mol. The molecule has 0 saturated carbocycles. The summed E-state index contributed by atoms with van der Waals surface area (Å²) in [5.41, 5.74) is 0. The molecule has 0 N–H and O–H groups in total. The zero-order valence-corrected chi connectivity index (χ0v) is 9.04. The van der Waals surface area contributed by atoms with Crippen molar-refractivity contribution in [1.82, 2.24) is 0 Å². The Bertz CT molecular complexity index is 198. The van der Waals surface area contributed by atoms with Gasteiger partial charge in [-0.1, -0.05) is 12.1 Å². The minimum absolute atomic E-state index is 0. The molecule has 1 aromatic rings. The van der Waals surface area contributed by atoms with Gasteiger partial charge in [0.05, 0.1) is 14.2 Å². The van der Waals surface area contributed by atoms with E-state index < -0.39 is 0 Å². The summed E-state index contributed by atoms with van der Waals surface area (Å²) in [6.07, 6.45) is 0. The summed E-state index contributed by atoms with van der Waals surface area (Å²) < 4.78 is 10.0. The van der Waals surface area contributed by atoms with Crippen LogP contribution in [-0.4, -0.2) is 52.0 Å². The van der Waals surface area contributed by atoms with Crippen LogP contribution in [0.4, 0.5) is 0 Å². The van der Waals surface area contributed by atoms with Crippen LogP contribution in [0.1, 0.15) is 2.85 Å². The smallest absolute Gasteiger partial charge is 1.00 e. The Kier molecular flexibility index (Phi) is 5.74. The summed E-state index contributed by atoms with van der Waals surface area (Å²) in [6, 6.07) is 7.53. The molecule has 1 aromatic carbocycles. The minimum atomic E-state index is 0. The predicted molar refractivity (Wildman–Crippen MR) is 47.5 cm³/mol. The van der Waals surface area contributed by atoms with E-state index in [1.807, 2.05) is 24.3 Å². The summed E-state index contributed by atoms with van der Waals surface area (Å²) in [6.45, 7) is 0. The van der Waals surface area contributed by atoms with E-state index in [2.05, 4.69) is 0 Å². The van der Waals surface area contributed by atoms with Gasteiger partial charge in [0.2, 0.25) is 0 Å². The zero-order valence-electron chi connectivity index (χ0n) is 8.83. The first kappa shape index (κ1) is 11.1. The largest absolute Gasteiger partial charge is 2.00 e. The van der Waals surface area contributed by atoms with Crippen LogP contribution in [0.3, 0.4) is 0 Å². The van der Waals surface area contributed by atoms with Crippen LogP contribution in [-0.2, 0) is 0 Å².